The Hall–Kier alpha value is -1.78. The van der Waals surface area contributed by atoms with Crippen molar-refractivity contribution in [3.05, 3.63) is 59.2 Å². The Kier molecular flexibility index (Phi) is 3.46. The van der Waals surface area contributed by atoms with Gasteiger partial charge in [-0.05, 0) is 25.5 Å². The summed E-state index contributed by atoms with van der Waals surface area (Å²) in [6, 6.07) is 7.93. The summed E-state index contributed by atoms with van der Waals surface area (Å²) in [5.74, 6) is 6.29. The standard InChI is InChI=1S/C13H16N4/c1-9-6-10(2)8-11(7-9)12(17-14)13-15-4-3-5-16-13/h3-8,12,17H,14H2,1-2H3. The van der Waals surface area contributed by atoms with Gasteiger partial charge >= 0.3 is 0 Å². The van der Waals surface area contributed by atoms with E-state index in [-0.39, 0.29) is 6.04 Å². The van der Waals surface area contributed by atoms with Crippen molar-refractivity contribution in [1.29, 1.82) is 0 Å². The number of aromatic nitrogens is 2. The second-order valence-electron chi connectivity index (χ2n) is 4.13. The fraction of sp³-hybridized carbons (Fsp3) is 0.231. The van der Waals surface area contributed by atoms with E-state index < -0.39 is 0 Å². The molecule has 4 nitrogen and oxygen atoms in total. The Morgan fingerprint density at radius 2 is 1.65 bits per heavy atom. The van der Waals surface area contributed by atoms with E-state index in [4.69, 9.17) is 5.84 Å². The summed E-state index contributed by atoms with van der Waals surface area (Å²) in [5.41, 5.74) is 6.25. The predicted octanol–water partition coefficient (Wildman–Crippen LogP) is 1.65. The number of nitrogens with one attached hydrogen (secondary N) is 1. The molecule has 1 heterocycles. The molecule has 1 aromatic heterocycles. The van der Waals surface area contributed by atoms with E-state index in [9.17, 15) is 0 Å². The Morgan fingerprint density at radius 3 is 2.18 bits per heavy atom. The molecule has 2 aromatic rings. The minimum atomic E-state index is -0.171. The van der Waals surface area contributed by atoms with E-state index in [1.165, 1.54) is 11.1 Å². The van der Waals surface area contributed by atoms with E-state index in [0.717, 1.165) is 5.56 Å². The highest BCUT2D eigenvalue weighted by Crippen LogP contribution is 2.20. The van der Waals surface area contributed by atoms with Crippen LogP contribution in [0.3, 0.4) is 0 Å². The molecule has 0 aliphatic rings. The van der Waals surface area contributed by atoms with Crippen molar-refractivity contribution >= 4 is 0 Å². The Balaban J connectivity index is 2.42. The Bertz CT molecular complexity index is 476. The number of aryl methyl sites for hydroxylation is 2. The van der Waals surface area contributed by atoms with Crippen LogP contribution in [0.25, 0.3) is 0 Å². The fourth-order valence-corrected chi connectivity index (χ4v) is 1.96. The molecule has 0 saturated carbocycles. The first-order chi connectivity index (χ1) is 8.20. The smallest absolute Gasteiger partial charge is 0.150 e. The molecule has 17 heavy (non-hydrogen) atoms. The van der Waals surface area contributed by atoms with Crippen LogP contribution < -0.4 is 11.3 Å². The van der Waals surface area contributed by atoms with Gasteiger partial charge in [0, 0.05) is 12.4 Å². The third kappa shape index (κ3) is 2.67. The van der Waals surface area contributed by atoms with Crippen LogP contribution in [0.2, 0.25) is 0 Å². The van der Waals surface area contributed by atoms with Crippen molar-refractivity contribution in [1.82, 2.24) is 15.4 Å². The molecule has 0 radical (unpaired) electrons. The van der Waals surface area contributed by atoms with Gasteiger partial charge < -0.3 is 0 Å². The normalized spacial score (nSPS) is 12.4. The first-order valence-corrected chi connectivity index (χ1v) is 5.52. The first-order valence-electron chi connectivity index (χ1n) is 5.52. The average Bonchev–Trinajstić information content (AvgIpc) is 2.30. The molecular formula is C13H16N4. The lowest BCUT2D eigenvalue weighted by Gasteiger charge is -2.15. The maximum absolute atomic E-state index is 5.61. The average molecular weight is 228 g/mol. The highest BCUT2D eigenvalue weighted by molar-refractivity contribution is 5.33. The second kappa shape index (κ2) is 5.03. The molecular weight excluding hydrogens is 212 g/mol. The van der Waals surface area contributed by atoms with Crippen LogP contribution >= 0.6 is 0 Å². The highest BCUT2D eigenvalue weighted by atomic mass is 15.2. The quantitative estimate of drug-likeness (QED) is 0.619. The van der Waals surface area contributed by atoms with Gasteiger partial charge in [-0.2, -0.15) is 0 Å². The number of nitrogens with two attached hydrogens (primary N) is 1. The van der Waals surface area contributed by atoms with E-state index >= 15 is 0 Å². The predicted molar refractivity (Wildman–Crippen MR) is 67.1 cm³/mol. The van der Waals surface area contributed by atoms with Gasteiger partial charge in [0.2, 0.25) is 0 Å². The molecule has 0 aliphatic heterocycles. The molecule has 0 spiro atoms. The highest BCUT2D eigenvalue weighted by Gasteiger charge is 2.15. The summed E-state index contributed by atoms with van der Waals surface area (Å²) in [5, 5.41) is 0. The Morgan fingerprint density at radius 1 is 1.06 bits per heavy atom. The molecule has 2 rings (SSSR count). The first kappa shape index (κ1) is 11.7. The van der Waals surface area contributed by atoms with Gasteiger partial charge in [-0.25, -0.2) is 15.4 Å². The molecule has 3 N–H and O–H groups in total. The number of hydrogen-bond acceptors (Lipinski definition) is 4. The van der Waals surface area contributed by atoms with Crippen LogP contribution in [0.4, 0.5) is 0 Å². The lowest BCUT2D eigenvalue weighted by molar-refractivity contribution is 0.600. The van der Waals surface area contributed by atoms with Crippen molar-refractivity contribution in [3.63, 3.8) is 0 Å². The van der Waals surface area contributed by atoms with Crippen molar-refractivity contribution in [2.75, 3.05) is 0 Å². The maximum Gasteiger partial charge on any atom is 0.150 e. The number of nitrogens with zero attached hydrogens (tertiary/aromatic N) is 2. The van der Waals surface area contributed by atoms with Crippen molar-refractivity contribution in [3.8, 4) is 0 Å². The van der Waals surface area contributed by atoms with Crippen LogP contribution in [-0.2, 0) is 0 Å². The van der Waals surface area contributed by atoms with Crippen LogP contribution in [0.1, 0.15) is 28.6 Å². The van der Waals surface area contributed by atoms with Crippen LogP contribution in [0, 0.1) is 13.8 Å². The SMILES string of the molecule is Cc1cc(C)cc(C(NN)c2ncccn2)c1. The number of benzene rings is 1. The largest absolute Gasteiger partial charge is 0.270 e. The minimum absolute atomic E-state index is 0.171. The molecule has 0 fully saturated rings. The second-order valence-corrected chi connectivity index (χ2v) is 4.13. The summed E-state index contributed by atoms with van der Waals surface area (Å²) >= 11 is 0. The molecule has 1 unspecified atom stereocenters. The van der Waals surface area contributed by atoms with Gasteiger partial charge in [-0.15, -0.1) is 0 Å². The number of hydrogen-bond donors (Lipinski definition) is 2. The van der Waals surface area contributed by atoms with E-state index in [2.05, 4.69) is 47.4 Å². The molecule has 0 bridgehead atoms. The lowest BCUT2D eigenvalue weighted by Crippen LogP contribution is -2.30. The van der Waals surface area contributed by atoms with E-state index in [0.29, 0.717) is 5.82 Å². The van der Waals surface area contributed by atoms with Gasteiger partial charge in [-0.3, -0.25) is 5.84 Å². The zero-order valence-corrected chi connectivity index (χ0v) is 10.0. The molecule has 1 atom stereocenters. The van der Waals surface area contributed by atoms with Crippen LogP contribution in [0.5, 0.6) is 0 Å². The van der Waals surface area contributed by atoms with Gasteiger partial charge in [-0.1, -0.05) is 29.3 Å². The Labute approximate surface area is 101 Å². The summed E-state index contributed by atoms with van der Waals surface area (Å²) in [6.07, 6.45) is 3.44. The molecule has 0 saturated heterocycles. The third-order valence-electron chi connectivity index (χ3n) is 2.59. The molecule has 0 aliphatic carbocycles. The number of rotatable bonds is 3. The third-order valence-corrected chi connectivity index (χ3v) is 2.59. The van der Waals surface area contributed by atoms with Crippen LogP contribution in [-0.4, -0.2) is 9.97 Å². The summed E-state index contributed by atoms with van der Waals surface area (Å²) in [6.45, 7) is 4.13. The summed E-state index contributed by atoms with van der Waals surface area (Å²) in [7, 11) is 0. The van der Waals surface area contributed by atoms with E-state index in [1.54, 1.807) is 18.5 Å². The monoisotopic (exact) mass is 228 g/mol. The summed E-state index contributed by atoms with van der Waals surface area (Å²) in [4.78, 5) is 8.46. The molecule has 0 amide bonds. The van der Waals surface area contributed by atoms with Crippen molar-refractivity contribution < 1.29 is 0 Å². The number of hydrazine groups is 1. The zero-order chi connectivity index (χ0) is 12.3. The lowest BCUT2D eigenvalue weighted by atomic mass is 10.0. The maximum atomic E-state index is 5.61. The van der Waals surface area contributed by atoms with Crippen molar-refractivity contribution in [2.24, 2.45) is 5.84 Å². The topological polar surface area (TPSA) is 63.8 Å². The van der Waals surface area contributed by atoms with Gasteiger partial charge in [0.05, 0.1) is 0 Å². The van der Waals surface area contributed by atoms with Crippen molar-refractivity contribution in [2.45, 2.75) is 19.9 Å². The summed E-state index contributed by atoms with van der Waals surface area (Å²) < 4.78 is 0. The van der Waals surface area contributed by atoms with Crippen LogP contribution in [0.15, 0.2) is 36.7 Å². The van der Waals surface area contributed by atoms with Gasteiger partial charge in [0.15, 0.2) is 5.82 Å². The zero-order valence-electron chi connectivity index (χ0n) is 10.0. The van der Waals surface area contributed by atoms with Gasteiger partial charge in [0.1, 0.15) is 6.04 Å². The van der Waals surface area contributed by atoms with Gasteiger partial charge in [0.25, 0.3) is 0 Å². The molecule has 4 heteroatoms. The minimum Gasteiger partial charge on any atom is -0.270 e. The fourth-order valence-electron chi connectivity index (χ4n) is 1.96. The van der Waals surface area contributed by atoms with E-state index in [1.807, 2.05) is 0 Å². The molecule has 88 valence electrons. The molecule has 1 aromatic carbocycles.